The second-order valence-electron chi connectivity index (χ2n) is 8.56. The smallest absolute Gasteiger partial charge is 0.220 e. The lowest BCUT2D eigenvalue weighted by Gasteiger charge is -2.31. The number of carbonyl (C=O) groups is 1. The Labute approximate surface area is 183 Å². The first kappa shape index (κ1) is 21.5. The first-order valence-corrected chi connectivity index (χ1v) is 12.2. The van der Waals surface area contributed by atoms with Gasteiger partial charge < -0.3 is 10.1 Å². The summed E-state index contributed by atoms with van der Waals surface area (Å²) >= 11 is 1.93. The monoisotopic (exact) mass is 427 g/mol. The number of rotatable bonds is 8. The van der Waals surface area contributed by atoms with Gasteiger partial charge in [0.2, 0.25) is 5.91 Å². The van der Waals surface area contributed by atoms with E-state index in [0.29, 0.717) is 25.0 Å². The van der Waals surface area contributed by atoms with Crippen LogP contribution in [0.5, 0.6) is 0 Å². The van der Waals surface area contributed by atoms with Gasteiger partial charge in [-0.15, -0.1) is 11.3 Å². The van der Waals surface area contributed by atoms with Crippen LogP contribution in [0.4, 0.5) is 0 Å². The number of aromatic nitrogens is 1. The molecule has 0 radical (unpaired) electrons. The number of nitrogens with zero attached hydrogens (tertiary/aromatic N) is 2. The summed E-state index contributed by atoms with van der Waals surface area (Å²) in [5, 5.41) is 3.01. The maximum Gasteiger partial charge on any atom is 0.220 e. The quantitative estimate of drug-likeness (QED) is 0.664. The number of carbonyl (C=O) groups excluding carboxylic acids is 1. The molecule has 2 aromatic heterocycles. The van der Waals surface area contributed by atoms with Crippen LogP contribution in [0.1, 0.15) is 66.4 Å². The van der Waals surface area contributed by atoms with Crippen LogP contribution in [0.3, 0.4) is 0 Å². The minimum absolute atomic E-state index is 0.150. The third kappa shape index (κ3) is 6.37. The molecule has 5 nitrogen and oxygen atoms in total. The SMILES string of the molecule is O=C(CCC1CCN(Cc2ccc([C@@H]3CCCCO3)s2)CC1)NCc1cccnc1. The highest BCUT2D eigenvalue weighted by molar-refractivity contribution is 7.12. The molecule has 2 aliphatic rings. The average molecular weight is 428 g/mol. The van der Waals surface area contributed by atoms with Crippen LogP contribution < -0.4 is 5.32 Å². The van der Waals surface area contributed by atoms with E-state index in [1.54, 1.807) is 12.4 Å². The Morgan fingerprint density at radius 1 is 1.20 bits per heavy atom. The maximum atomic E-state index is 12.1. The van der Waals surface area contributed by atoms with E-state index in [9.17, 15) is 4.79 Å². The number of pyridine rings is 1. The summed E-state index contributed by atoms with van der Waals surface area (Å²) in [4.78, 5) is 21.6. The standard InChI is InChI=1S/C24H33N3O2S/c28-24(26-17-20-4-3-12-25-16-20)9-6-19-10-13-27(14-11-19)18-21-7-8-23(30-21)22-5-1-2-15-29-22/h3-4,7-8,12,16,19,22H,1-2,5-6,9-11,13-15,17-18H2,(H,26,28)/t22-/m0/s1. The van der Waals surface area contributed by atoms with E-state index in [0.717, 1.165) is 38.2 Å². The van der Waals surface area contributed by atoms with Crippen LogP contribution in [0.15, 0.2) is 36.7 Å². The summed E-state index contributed by atoms with van der Waals surface area (Å²) in [5.74, 6) is 0.817. The number of nitrogens with one attached hydrogen (secondary N) is 1. The highest BCUT2D eigenvalue weighted by Gasteiger charge is 2.22. The van der Waals surface area contributed by atoms with E-state index in [2.05, 4.69) is 27.3 Å². The van der Waals surface area contributed by atoms with Crippen molar-refractivity contribution in [3.05, 3.63) is 52.0 Å². The van der Waals surface area contributed by atoms with Crippen molar-refractivity contribution in [1.82, 2.24) is 15.2 Å². The molecule has 162 valence electrons. The van der Waals surface area contributed by atoms with Gasteiger partial charge in [0.05, 0.1) is 6.10 Å². The normalized spacial score (nSPS) is 20.9. The van der Waals surface area contributed by atoms with E-state index >= 15 is 0 Å². The van der Waals surface area contributed by atoms with Crippen LogP contribution in [0.2, 0.25) is 0 Å². The summed E-state index contributed by atoms with van der Waals surface area (Å²) in [6.45, 7) is 4.80. The number of hydrogen-bond acceptors (Lipinski definition) is 5. The average Bonchev–Trinajstić information content (AvgIpc) is 3.27. The molecular formula is C24H33N3O2S. The van der Waals surface area contributed by atoms with Crippen LogP contribution in [0, 0.1) is 5.92 Å². The molecule has 0 spiro atoms. The number of piperidine rings is 1. The van der Waals surface area contributed by atoms with Gasteiger partial charge in [-0.1, -0.05) is 6.07 Å². The van der Waals surface area contributed by atoms with Crippen molar-refractivity contribution < 1.29 is 9.53 Å². The number of thiophene rings is 1. The summed E-state index contributed by atoms with van der Waals surface area (Å²) in [5.41, 5.74) is 1.05. The zero-order chi connectivity index (χ0) is 20.6. The summed E-state index contributed by atoms with van der Waals surface area (Å²) < 4.78 is 5.93. The summed E-state index contributed by atoms with van der Waals surface area (Å²) in [6.07, 6.45) is 11.5. The molecule has 6 heteroatoms. The van der Waals surface area contributed by atoms with E-state index < -0.39 is 0 Å². The largest absolute Gasteiger partial charge is 0.373 e. The molecular weight excluding hydrogens is 394 g/mol. The fourth-order valence-electron chi connectivity index (χ4n) is 4.40. The minimum Gasteiger partial charge on any atom is -0.373 e. The molecule has 2 saturated heterocycles. The Balaban J connectivity index is 1.13. The van der Waals surface area contributed by atoms with E-state index in [1.165, 1.54) is 41.9 Å². The van der Waals surface area contributed by atoms with Gasteiger partial charge in [0.15, 0.2) is 0 Å². The lowest BCUT2D eigenvalue weighted by Crippen LogP contribution is -2.33. The highest BCUT2D eigenvalue weighted by atomic mass is 32.1. The molecule has 1 N–H and O–H groups in total. The molecule has 2 fully saturated rings. The second kappa shape index (κ2) is 11.0. The Bertz CT molecular complexity index is 781. The predicted molar refractivity (Wildman–Crippen MR) is 120 cm³/mol. The fraction of sp³-hybridized carbons (Fsp3) is 0.583. The molecule has 0 unspecified atom stereocenters. The molecule has 1 atom stereocenters. The van der Waals surface area contributed by atoms with Gasteiger partial charge in [-0.25, -0.2) is 0 Å². The summed E-state index contributed by atoms with van der Waals surface area (Å²) in [6, 6.07) is 8.45. The molecule has 0 aliphatic carbocycles. The van der Waals surface area contributed by atoms with Gasteiger partial charge in [0.1, 0.15) is 0 Å². The molecule has 1 amide bonds. The highest BCUT2D eigenvalue weighted by Crippen LogP contribution is 2.33. The topological polar surface area (TPSA) is 54.5 Å². The Hall–Kier alpha value is -1.76. The van der Waals surface area contributed by atoms with Gasteiger partial charge in [-0.2, -0.15) is 0 Å². The molecule has 0 aromatic carbocycles. The third-order valence-corrected chi connectivity index (χ3v) is 7.42. The van der Waals surface area contributed by atoms with Gasteiger partial charge in [-0.05, 0) is 81.3 Å². The lowest BCUT2D eigenvalue weighted by atomic mass is 9.92. The number of amides is 1. The second-order valence-corrected chi connectivity index (χ2v) is 9.76. The van der Waals surface area contributed by atoms with Gasteiger partial charge in [0, 0.05) is 48.3 Å². The van der Waals surface area contributed by atoms with Crippen molar-refractivity contribution in [2.24, 2.45) is 5.92 Å². The van der Waals surface area contributed by atoms with Crippen LogP contribution in [-0.2, 0) is 22.6 Å². The maximum absolute atomic E-state index is 12.1. The van der Waals surface area contributed by atoms with Crippen molar-refractivity contribution >= 4 is 17.2 Å². The van der Waals surface area contributed by atoms with Crippen molar-refractivity contribution in [2.45, 2.75) is 64.1 Å². The Morgan fingerprint density at radius 2 is 2.10 bits per heavy atom. The molecule has 0 bridgehead atoms. The van der Waals surface area contributed by atoms with Gasteiger partial charge in [0.25, 0.3) is 0 Å². The van der Waals surface area contributed by atoms with Crippen molar-refractivity contribution in [2.75, 3.05) is 19.7 Å². The first-order chi connectivity index (χ1) is 14.8. The van der Waals surface area contributed by atoms with Crippen molar-refractivity contribution in [1.29, 1.82) is 0 Å². The lowest BCUT2D eigenvalue weighted by molar-refractivity contribution is -0.121. The van der Waals surface area contributed by atoms with E-state index in [1.807, 2.05) is 23.5 Å². The molecule has 2 aliphatic heterocycles. The van der Waals surface area contributed by atoms with Gasteiger partial charge in [-0.3, -0.25) is 14.7 Å². The third-order valence-electron chi connectivity index (χ3n) is 6.26. The Morgan fingerprint density at radius 3 is 2.87 bits per heavy atom. The fourth-order valence-corrected chi connectivity index (χ4v) is 5.54. The predicted octanol–water partition coefficient (Wildman–Crippen LogP) is 4.69. The number of likely N-dealkylation sites (tertiary alicyclic amines) is 1. The van der Waals surface area contributed by atoms with Crippen LogP contribution >= 0.6 is 11.3 Å². The molecule has 0 saturated carbocycles. The van der Waals surface area contributed by atoms with E-state index in [4.69, 9.17) is 4.74 Å². The zero-order valence-electron chi connectivity index (χ0n) is 17.7. The molecule has 30 heavy (non-hydrogen) atoms. The van der Waals surface area contributed by atoms with Gasteiger partial charge >= 0.3 is 0 Å². The number of ether oxygens (including phenoxy) is 1. The van der Waals surface area contributed by atoms with Crippen molar-refractivity contribution in [3.8, 4) is 0 Å². The Kier molecular flexibility index (Phi) is 7.89. The minimum atomic E-state index is 0.150. The molecule has 4 heterocycles. The number of hydrogen-bond donors (Lipinski definition) is 1. The molecule has 2 aromatic rings. The van der Waals surface area contributed by atoms with E-state index in [-0.39, 0.29) is 5.91 Å². The van der Waals surface area contributed by atoms with Crippen molar-refractivity contribution in [3.63, 3.8) is 0 Å². The molecule has 4 rings (SSSR count). The first-order valence-electron chi connectivity index (χ1n) is 11.3. The summed E-state index contributed by atoms with van der Waals surface area (Å²) in [7, 11) is 0. The van der Waals surface area contributed by atoms with Crippen LogP contribution in [0.25, 0.3) is 0 Å². The van der Waals surface area contributed by atoms with Crippen LogP contribution in [-0.4, -0.2) is 35.5 Å². The zero-order valence-corrected chi connectivity index (χ0v) is 18.5.